The molecule has 1 aromatic rings. The monoisotopic (exact) mass is 285 g/mol. The van der Waals surface area contributed by atoms with Crippen molar-refractivity contribution in [3.05, 3.63) is 34.3 Å². The molecule has 17 heavy (non-hydrogen) atoms. The summed E-state index contributed by atoms with van der Waals surface area (Å²) in [5.74, 6) is 0.305. The van der Waals surface area contributed by atoms with Crippen LogP contribution in [0.4, 0.5) is 13.2 Å². The Morgan fingerprint density at radius 1 is 1.24 bits per heavy atom. The molecule has 1 aliphatic carbocycles. The van der Waals surface area contributed by atoms with Gasteiger partial charge in [0.2, 0.25) is 0 Å². The first-order chi connectivity index (χ1) is 7.38. The highest BCUT2D eigenvalue weighted by Gasteiger charge is 2.34. The summed E-state index contributed by atoms with van der Waals surface area (Å²) in [4.78, 5) is 0. The molecule has 2 rings (SSSR count). The van der Waals surface area contributed by atoms with Crippen molar-refractivity contribution < 1.29 is 13.2 Å². The molecule has 0 heterocycles. The van der Waals surface area contributed by atoms with E-state index >= 15 is 0 Å². The van der Waals surface area contributed by atoms with Gasteiger partial charge in [0.15, 0.2) is 0 Å². The first kappa shape index (κ1) is 14.6. The normalized spacial score (nSPS) is 17.5. The first-order valence-electron chi connectivity index (χ1n) is 5.01. The molecule has 1 atom stereocenters. The van der Waals surface area contributed by atoms with Gasteiger partial charge in [0.1, 0.15) is 0 Å². The molecule has 0 spiro atoms. The highest BCUT2D eigenvalue weighted by atomic mass is 35.5. The Bertz CT molecular complexity index is 402. The van der Waals surface area contributed by atoms with Crippen molar-refractivity contribution >= 4 is 24.0 Å². The maximum atomic E-state index is 12.5. The average Bonchev–Trinajstić information content (AvgIpc) is 2.97. The van der Waals surface area contributed by atoms with Crippen molar-refractivity contribution in [3.8, 4) is 0 Å². The summed E-state index contributed by atoms with van der Waals surface area (Å²) in [7, 11) is 0. The van der Waals surface area contributed by atoms with Crippen molar-refractivity contribution in [1.82, 2.24) is 0 Å². The third kappa shape index (κ3) is 3.50. The van der Waals surface area contributed by atoms with Gasteiger partial charge in [-0.25, -0.2) is 0 Å². The topological polar surface area (TPSA) is 26.0 Å². The van der Waals surface area contributed by atoms with Crippen LogP contribution in [0.25, 0.3) is 0 Å². The van der Waals surface area contributed by atoms with Gasteiger partial charge < -0.3 is 5.73 Å². The molecule has 0 aliphatic heterocycles. The van der Waals surface area contributed by atoms with E-state index in [0.29, 0.717) is 11.5 Å². The van der Waals surface area contributed by atoms with E-state index in [1.54, 1.807) is 0 Å². The fraction of sp³-hybridized carbons (Fsp3) is 0.455. The summed E-state index contributed by atoms with van der Waals surface area (Å²) in [6.07, 6.45) is -2.41. The Balaban J connectivity index is 0.00000144. The quantitative estimate of drug-likeness (QED) is 0.866. The zero-order chi connectivity index (χ0) is 11.9. The Morgan fingerprint density at radius 2 is 1.82 bits per heavy atom. The van der Waals surface area contributed by atoms with E-state index in [9.17, 15) is 13.2 Å². The van der Waals surface area contributed by atoms with E-state index in [1.807, 2.05) is 0 Å². The fourth-order valence-electron chi connectivity index (χ4n) is 1.70. The Morgan fingerprint density at radius 3 is 2.29 bits per heavy atom. The van der Waals surface area contributed by atoms with E-state index in [-0.39, 0.29) is 23.5 Å². The van der Waals surface area contributed by atoms with Crippen molar-refractivity contribution in [2.24, 2.45) is 11.7 Å². The number of halogens is 5. The van der Waals surface area contributed by atoms with Gasteiger partial charge >= 0.3 is 6.18 Å². The van der Waals surface area contributed by atoms with E-state index in [0.717, 1.165) is 25.0 Å². The molecule has 1 saturated carbocycles. The lowest BCUT2D eigenvalue weighted by molar-refractivity contribution is -0.137. The molecule has 1 aliphatic rings. The summed E-state index contributed by atoms with van der Waals surface area (Å²) >= 11 is 5.67. The van der Waals surface area contributed by atoms with Crippen molar-refractivity contribution in [3.63, 3.8) is 0 Å². The number of alkyl halides is 3. The summed E-state index contributed by atoms with van der Waals surface area (Å²) < 4.78 is 37.6. The second-order valence-electron chi connectivity index (χ2n) is 4.13. The third-order valence-electron chi connectivity index (χ3n) is 2.76. The van der Waals surface area contributed by atoms with Gasteiger partial charge in [0.05, 0.1) is 5.56 Å². The second-order valence-corrected chi connectivity index (χ2v) is 4.57. The molecule has 0 amide bonds. The van der Waals surface area contributed by atoms with Crippen LogP contribution in [0.5, 0.6) is 0 Å². The standard InChI is InChI=1S/C11H11ClF3N.ClH/c12-9-4-7(10(16)6-1-2-6)3-8(5-9)11(13,14)15;/h3-6,10H,1-2,16H2;1H/t10-;/m0./s1. The van der Waals surface area contributed by atoms with E-state index in [1.165, 1.54) is 6.07 Å². The molecule has 6 heteroatoms. The maximum absolute atomic E-state index is 12.5. The van der Waals surface area contributed by atoms with Crippen LogP contribution in [0.2, 0.25) is 5.02 Å². The van der Waals surface area contributed by atoms with Crippen LogP contribution >= 0.6 is 24.0 Å². The van der Waals surface area contributed by atoms with Crippen LogP contribution < -0.4 is 5.73 Å². The van der Waals surface area contributed by atoms with Gasteiger partial charge in [0, 0.05) is 11.1 Å². The largest absolute Gasteiger partial charge is 0.416 e. The minimum Gasteiger partial charge on any atom is -0.324 e. The molecule has 0 saturated heterocycles. The van der Waals surface area contributed by atoms with Gasteiger partial charge in [-0.2, -0.15) is 13.2 Å². The molecule has 2 N–H and O–H groups in total. The van der Waals surface area contributed by atoms with Crippen LogP contribution in [0.15, 0.2) is 18.2 Å². The van der Waals surface area contributed by atoms with Crippen molar-refractivity contribution in [2.75, 3.05) is 0 Å². The minimum atomic E-state index is -4.37. The lowest BCUT2D eigenvalue weighted by Gasteiger charge is -2.14. The lowest BCUT2D eigenvalue weighted by Crippen LogP contribution is -2.14. The summed E-state index contributed by atoms with van der Waals surface area (Å²) in [6, 6.07) is 3.19. The number of benzene rings is 1. The SMILES string of the molecule is Cl.N[C@H](c1cc(Cl)cc(C(F)(F)F)c1)C1CC1. The van der Waals surface area contributed by atoms with Crippen LogP contribution in [0.3, 0.4) is 0 Å². The Labute approximate surface area is 109 Å². The second kappa shape index (κ2) is 5.04. The van der Waals surface area contributed by atoms with Crippen LogP contribution in [-0.2, 0) is 6.18 Å². The molecule has 0 radical (unpaired) electrons. The third-order valence-corrected chi connectivity index (χ3v) is 2.98. The van der Waals surface area contributed by atoms with E-state index < -0.39 is 11.7 Å². The molecule has 0 unspecified atom stereocenters. The minimum absolute atomic E-state index is 0. The van der Waals surface area contributed by atoms with Crippen LogP contribution in [0.1, 0.15) is 30.0 Å². The number of rotatable bonds is 2. The number of hydrogen-bond donors (Lipinski definition) is 1. The van der Waals surface area contributed by atoms with Gasteiger partial charge in [-0.3, -0.25) is 0 Å². The Kier molecular flexibility index (Phi) is 4.33. The zero-order valence-corrected chi connectivity index (χ0v) is 10.4. The predicted octanol–water partition coefficient (Wildman–Crippen LogP) is 4.19. The predicted molar refractivity (Wildman–Crippen MR) is 63.4 cm³/mol. The molecule has 1 aromatic carbocycles. The summed E-state index contributed by atoms with van der Waals surface area (Å²) in [6.45, 7) is 0. The average molecular weight is 286 g/mol. The van der Waals surface area contributed by atoms with Crippen LogP contribution in [0, 0.1) is 5.92 Å². The van der Waals surface area contributed by atoms with Gasteiger partial charge in [0.25, 0.3) is 0 Å². The number of nitrogens with two attached hydrogens (primary N) is 1. The molecule has 0 bridgehead atoms. The summed E-state index contributed by atoms with van der Waals surface area (Å²) in [5, 5.41) is 0.0842. The molecule has 96 valence electrons. The number of hydrogen-bond acceptors (Lipinski definition) is 1. The van der Waals surface area contributed by atoms with Gasteiger partial charge in [-0.05, 0) is 42.5 Å². The molecular weight excluding hydrogens is 274 g/mol. The van der Waals surface area contributed by atoms with Gasteiger partial charge in [-0.1, -0.05) is 11.6 Å². The highest BCUT2D eigenvalue weighted by Crippen LogP contribution is 2.41. The van der Waals surface area contributed by atoms with Crippen molar-refractivity contribution in [2.45, 2.75) is 25.1 Å². The highest BCUT2D eigenvalue weighted by molar-refractivity contribution is 6.30. The fourth-order valence-corrected chi connectivity index (χ4v) is 1.94. The zero-order valence-electron chi connectivity index (χ0n) is 8.80. The lowest BCUT2D eigenvalue weighted by atomic mass is 10.0. The van der Waals surface area contributed by atoms with Crippen LogP contribution in [-0.4, -0.2) is 0 Å². The van der Waals surface area contributed by atoms with Crippen molar-refractivity contribution in [1.29, 1.82) is 0 Å². The maximum Gasteiger partial charge on any atom is 0.416 e. The Hall–Kier alpha value is -0.450. The summed E-state index contributed by atoms with van der Waals surface area (Å²) in [5.41, 5.74) is 5.60. The smallest absolute Gasteiger partial charge is 0.324 e. The van der Waals surface area contributed by atoms with Gasteiger partial charge in [-0.15, -0.1) is 12.4 Å². The first-order valence-corrected chi connectivity index (χ1v) is 5.39. The molecular formula is C11H12Cl2F3N. The molecule has 1 fully saturated rings. The van der Waals surface area contributed by atoms with E-state index in [4.69, 9.17) is 17.3 Å². The van der Waals surface area contributed by atoms with E-state index in [2.05, 4.69) is 0 Å². The molecule has 0 aromatic heterocycles. The molecule has 1 nitrogen and oxygen atoms in total.